The van der Waals surface area contributed by atoms with Gasteiger partial charge in [-0.15, -0.1) is 0 Å². The lowest BCUT2D eigenvalue weighted by molar-refractivity contribution is 0.0490. The number of sulfone groups is 1. The third-order valence-electron chi connectivity index (χ3n) is 4.81. The Kier molecular flexibility index (Phi) is 7.89. The molecule has 1 amide bonds. The van der Waals surface area contributed by atoms with Crippen LogP contribution >= 0.6 is 23.2 Å². The molecule has 1 atom stereocenters. The SMILES string of the molecule is CC(C)(C)OC(=O)NC(C(=O)c1ccc(-c2cccc(S(C)(=O)=O)c2)cn1)c1ccc(Cl)c(Cl)c1. The number of halogens is 2. The standard InChI is InChI=1S/C25H24Cl2N2O5S/c1-25(2,3)34-24(31)29-22(16-8-10-19(26)20(27)13-16)23(30)21-11-9-17(14-28-21)15-6-5-7-18(12-15)35(4,32)33/h5-14,22H,1-4H3,(H,29,31). The predicted molar refractivity (Wildman–Crippen MR) is 136 cm³/mol. The van der Waals surface area contributed by atoms with Crippen molar-refractivity contribution in [2.45, 2.75) is 37.3 Å². The molecule has 7 nitrogen and oxygen atoms in total. The molecule has 10 heteroatoms. The van der Waals surface area contributed by atoms with Crippen molar-refractivity contribution in [2.75, 3.05) is 6.26 Å². The Hall–Kier alpha value is -2.94. The van der Waals surface area contributed by atoms with E-state index in [1.807, 2.05) is 0 Å². The number of Topliss-reactive ketones (excluding diaryl/α,β-unsaturated/α-hetero) is 1. The van der Waals surface area contributed by atoms with E-state index in [1.165, 1.54) is 36.5 Å². The Morgan fingerprint density at radius 3 is 2.26 bits per heavy atom. The third-order valence-corrected chi connectivity index (χ3v) is 6.66. The van der Waals surface area contributed by atoms with Crippen LogP contribution in [0.3, 0.4) is 0 Å². The van der Waals surface area contributed by atoms with Crippen molar-refractivity contribution < 1.29 is 22.7 Å². The van der Waals surface area contributed by atoms with Gasteiger partial charge in [0.15, 0.2) is 9.84 Å². The molecule has 184 valence electrons. The van der Waals surface area contributed by atoms with Crippen molar-refractivity contribution in [2.24, 2.45) is 0 Å². The van der Waals surface area contributed by atoms with Crippen molar-refractivity contribution in [1.82, 2.24) is 10.3 Å². The second-order valence-electron chi connectivity index (χ2n) is 8.85. The van der Waals surface area contributed by atoms with Crippen LogP contribution in [0.5, 0.6) is 0 Å². The van der Waals surface area contributed by atoms with Crippen LogP contribution in [0.2, 0.25) is 10.0 Å². The van der Waals surface area contributed by atoms with Crippen LogP contribution in [0, 0.1) is 0 Å². The fourth-order valence-electron chi connectivity index (χ4n) is 3.18. The van der Waals surface area contributed by atoms with Crippen molar-refractivity contribution >= 4 is 44.9 Å². The summed E-state index contributed by atoms with van der Waals surface area (Å²) in [6.45, 7) is 5.13. The minimum Gasteiger partial charge on any atom is -0.444 e. The number of carbonyl (C=O) groups is 2. The second kappa shape index (κ2) is 10.4. The molecule has 1 aromatic heterocycles. The highest BCUT2D eigenvalue weighted by Crippen LogP contribution is 2.28. The van der Waals surface area contributed by atoms with Crippen LogP contribution < -0.4 is 5.32 Å². The normalized spacial score (nSPS) is 12.6. The largest absolute Gasteiger partial charge is 0.444 e. The van der Waals surface area contributed by atoms with Crippen LogP contribution in [0.25, 0.3) is 11.1 Å². The molecule has 0 aliphatic carbocycles. The smallest absolute Gasteiger partial charge is 0.408 e. The summed E-state index contributed by atoms with van der Waals surface area (Å²) in [5.41, 5.74) is 0.975. The molecule has 0 aliphatic rings. The van der Waals surface area contributed by atoms with E-state index in [4.69, 9.17) is 27.9 Å². The molecule has 0 spiro atoms. The highest BCUT2D eigenvalue weighted by Gasteiger charge is 2.28. The lowest BCUT2D eigenvalue weighted by Gasteiger charge is -2.23. The van der Waals surface area contributed by atoms with Gasteiger partial charge in [0.2, 0.25) is 5.78 Å². The Morgan fingerprint density at radius 2 is 1.69 bits per heavy atom. The van der Waals surface area contributed by atoms with E-state index < -0.39 is 33.4 Å². The summed E-state index contributed by atoms with van der Waals surface area (Å²) >= 11 is 12.2. The van der Waals surface area contributed by atoms with E-state index >= 15 is 0 Å². The first-order valence-corrected chi connectivity index (χ1v) is 13.1. The van der Waals surface area contributed by atoms with Gasteiger partial charge in [-0.05, 0) is 62.2 Å². The van der Waals surface area contributed by atoms with Crippen molar-refractivity contribution in [3.05, 3.63) is 82.1 Å². The number of ketones is 1. The maximum atomic E-state index is 13.4. The van der Waals surface area contributed by atoms with Crippen LogP contribution in [-0.2, 0) is 14.6 Å². The monoisotopic (exact) mass is 534 g/mol. The van der Waals surface area contributed by atoms with E-state index in [1.54, 1.807) is 45.0 Å². The second-order valence-corrected chi connectivity index (χ2v) is 11.7. The van der Waals surface area contributed by atoms with Gasteiger partial charge in [-0.1, -0.05) is 47.5 Å². The number of rotatable bonds is 6. The zero-order valence-electron chi connectivity index (χ0n) is 19.5. The number of hydrogen-bond donors (Lipinski definition) is 1. The van der Waals surface area contributed by atoms with Gasteiger partial charge in [0, 0.05) is 18.0 Å². The molecular formula is C25H24Cl2N2O5S. The van der Waals surface area contributed by atoms with E-state index in [2.05, 4.69) is 10.3 Å². The fourth-order valence-corrected chi connectivity index (χ4v) is 4.16. The number of hydrogen-bond acceptors (Lipinski definition) is 6. The topological polar surface area (TPSA) is 102 Å². The molecule has 0 bridgehead atoms. The van der Waals surface area contributed by atoms with Gasteiger partial charge in [0.1, 0.15) is 17.3 Å². The molecule has 0 radical (unpaired) electrons. The predicted octanol–water partition coefficient (Wildman–Crippen LogP) is 5.91. The van der Waals surface area contributed by atoms with Crippen molar-refractivity contribution in [3.63, 3.8) is 0 Å². The Labute approximate surface area is 214 Å². The summed E-state index contributed by atoms with van der Waals surface area (Å²) in [5, 5.41) is 3.11. The number of pyridine rings is 1. The van der Waals surface area contributed by atoms with Crippen LogP contribution in [0.15, 0.2) is 65.7 Å². The first kappa shape index (κ1) is 26.7. The Balaban J connectivity index is 1.93. The number of benzene rings is 2. The molecule has 0 aliphatic heterocycles. The van der Waals surface area contributed by atoms with Gasteiger partial charge < -0.3 is 10.1 Å². The summed E-state index contributed by atoms with van der Waals surface area (Å²) in [6, 6.07) is 13.1. The average Bonchev–Trinajstić information content (AvgIpc) is 2.77. The maximum Gasteiger partial charge on any atom is 0.408 e. The van der Waals surface area contributed by atoms with E-state index in [9.17, 15) is 18.0 Å². The zero-order valence-corrected chi connectivity index (χ0v) is 21.8. The molecule has 2 aromatic carbocycles. The average molecular weight is 535 g/mol. The molecule has 3 rings (SSSR count). The number of alkyl carbamates (subject to hydrolysis) is 1. The lowest BCUT2D eigenvalue weighted by atomic mass is 9.99. The van der Waals surface area contributed by atoms with Crippen LogP contribution in [-0.4, -0.2) is 37.1 Å². The number of amides is 1. The van der Waals surface area contributed by atoms with Crippen LogP contribution in [0.4, 0.5) is 4.79 Å². The van der Waals surface area contributed by atoms with E-state index in [0.717, 1.165) is 6.26 Å². The van der Waals surface area contributed by atoms with Crippen molar-refractivity contribution in [3.8, 4) is 11.1 Å². The molecule has 35 heavy (non-hydrogen) atoms. The highest BCUT2D eigenvalue weighted by molar-refractivity contribution is 7.90. The summed E-state index contributed by atoms with van der Waals surface area (Å²) in [6.07, 6.45) is 1.82. The number of ether oxygens (including phenoxy) is 1. The minimum absolute atomic E-state index is 0.0835. The Morgan fingerprint density at radius 1 is 0.971 bits per heavy atom. The molecule has 1 unspecified atom stereocenters. The molecule has 0 fully saturated rings. The third kappa shape index (κ3) is 7.04. The van der Waals surface area contributed by atoms with E-state index in [-0.39, 0.29) is 15.6 Å². The number of aromatic nitrogens is 1. The summed E-state index contributed by atoms with van der Waals surface area (Å²) in [5.74, 6) is -0.495. The molecule has 0 saturated heterocycles. The summed E-state index contributed by atoms with van der Waals surface area (Å²) in [4.78, 5) is 30.3. The van der Waals surface area contributed by atoms with E-state index in [0.29, 0.717) is 21.7 Å². The molecule has 1 N–H and O–H groups in total. The molecule has 3 aromatic rings. The summed E-state index contributed by atoms with van der Waals surface area (Å²) in [7, 11) is -3.37. The Bertz CT molecular complexity index is 1370. The fraction of sp³-hybridized carbons (Fsp3) is 0.240. The van der Waals surface area contributed by atoms with Gasteiger partial charge in [0.05, 0.1) is 14.9 Å². The lowest BCUT2D eigenvalue weighted by Crippen LogP contribution is -2.38. The highest BCUT2D eigenvalue weighted by atomic mass is 35.5. The van der Waals surface area contributed by atoms with Crippen LogP contribution in [0.1, 0.15) is 42.9 Å². The maximum absolute atomic E-state index is 13.4. The molecular weight excluding hydrogens is 511 g/mol. The first-order chi connectivity index (χ1) is 16.2. The van der Waals surface area contributed by atoms with Crippen molar-refractivity contribution in [1.29, 1.82) is 0 Å². The number of carbonyl (C=O) groups excluding carboxylic acids is 2. The van der Waals surface area contributed by atoms with Gasteiger partial charge in [-0.2, -0.15) is 0 Å². The minimum atomic E-state index is -3.37. The van der Waals surface area contributed by atoms with Gasteiger partial charge in [-0.3, -0.25) is 9.78 Å². The zero-order chi connectivity index (χ0) is 26.0. The molecule has 0 saturated carbocycles. The summed E-state index contributed by atoms with van der Waals surface area (Å²) < 4.78 is 29.0. The quantitative estimate of drug-likeness (QED) is 0.394. The van der Waals surface area contributed by atoms with Gasteiger partial charge in [0.25, 0.3) is 0 Å². The molecule has 1 heterocycles. The van der Waals surface area contributed by atoms with Gasteiger partial charge >= 0.3 is 6.09 Å². The van der Waals surface area contributed by atoms with Gasteiger partial charge in [-0.25, -0.2) is 13.2 Å². The number of nitrogens with one attached hydrogen (secondary N) is 1. The first-order valence-electron chi connectivity index (χ1n) is 10.5. The number of nitrogens with zero attached hydrogens (tertiary/aromatic N) is 1.